The molecule has 0 heterocycles. The molecule has 0 aliphatic carbocycles. The molecule has 112 valence electrons. The number of nitrogens with zero attached hydrogens (tertiary/aromatic N) is 2. The second kappa shape index (κ2) is 4.99. The van der Waals surface area contributed by atoms with E-state index in [0.717, 1.165) is 24.3 Å². The molecular formula is C7H6F3N3O5S2. The van der Waals surface area contributed by atoms with E-state index in [2.05, 4.69) is 3.77 Å². The van der Waals surface area contributed by atoms with Gasteiger partial charge in [0.15, 0.2) is 0 Å². The Bertz CT molecular complexity index is 747. The SMILES string of the molecule is NS(=O)(=NS(=O)(=O)C(F)(F)F)c1ccc([N+](=O)[O-])cc1. The van der Waals surface area contributed by atoms with E-state index < -0.39 is 41.0 Å². The molecule has 20 heavy (non-hydrogen) atoms. The van der Waals surface area contributed by atoms with E-state index in [4.69, 9.17) is 5.14 Å². The maximum Gasteiger partial charge on any atom is 0.519 e. The van der Waals surface area contributed by atoms with Crippen molar-refractivity contribution in [1.29, 1.82) is 0 Å². The second-order valence-corrected chi connectivity index (χ2v) is 6.93. The van der Waals surface area contributed by atoms with Crippen molar-refractivity contribution in [2.24, 2.45) is 8.91 Å². The first-order chi connectivity index (χ1) is 8.87. The van der Waals surface area contributed by atoms with Gasteiger partial charge >= 0.3 is 15.5 Å². The molecule has 1 aromatic rings. The van der Waals surface area contributed by atoms with Crippen LogP contribution in [0.25, 0.3) is 0 Å². The van der Waals surface area contributed by atoms with Gasteiger partial charge in [0.25, 0.3) is 5.69 Å². The molecule has 1 atom stereocenters. The number of rotatable bonds is 3. The Morgan fingerprint density at radius 3 is 1.95 bits per heavy atom. The van der Waals surface area contributed by atoms with Gasteiger partial charge in [0.2, 0.25) is 0 Å². The zero-order chi connectivity index (χ0) is 15.8. The van der Waals surface area contributed by atoms with Crippen molar-refractivity contribution in [1.82, 2.24) is 0 Å². The van der Waals surface area contributed by atoms with E-state index in [1.807, 2.05) is 0 Å². The van der Waals surface area contributed by atoms with Gasteiger partial charge in [-0.25, -0.2) is 9.35 Å². The molecule has 2 N–H and O–H groups in total. The molecule has 1 rings (SSSR count). The topological polar surface area (TPSA) is 133 Å². The fraction of sp³-hybridized carbons (Fsp3) is 0.143. The highest BCUT2D eigenvalue weighted by atomic mass is 32.3. The number of hydrogen-bond acceptors (Lipinski definition) is 5. The highest BCUT2D eigenvalue weighted by molar-refractivity contribution is 8.02. The molecule has 0 radical (unpaired) electrons. The summed E-state index contributed by atoms with van der Waals surface area (Å²) in [6, 6.07) is 3.13. The molecule has 0 aliphatic heterocycles. The summed E-state index contributed by atoms with van der Waals surface area (Å²) in [5.41, 5.74) is -6.18. The molecular weight excluding hydrogens is 327 g/mol. The summed E-state index contributed by atoms with van der Waals surface area (Å²) in [7, 11) is -10.4. The van der Waals surface area contributed by atoms with Crippen molar-refractivity contribution in [3.05, 3.63) is 34.4 Å². The van der Waals surface area contributed by atoms with Crippen molar-refractivity contribution in [2.75, 3.05) is 0 Å². The van der Waals surface area contributed by atoms with E-state index in [0.29, 0.717) is 0 Å². The number of nitro benzene ring substituents is 1. The van der Waals surface area contributed by atoms with Gasteiger partial charge in [-0.2, -0.15) is 21.6 Å². The van der Waals surface area contributed by atoms with Crippen LogP contribution in [-0.2, 0) is 19.9 Å². The molecule has 0 aromatic heterocycles. The predicted octanol–water partition coefficient (Wildman–Crippen LogP) is 1.15. The van der Waals surface area contributed by atoms with Crippen LogP contribution in [-0.4, -0.2) is 23.1 Å². The highest BCUT2D eigenvalue weighted by Crippen LogP contribution is 2.27. The molecule has 0 amide bonds. The number of halogens is 3. The minimum Gasteiger partial charge on any atom is -0.258 e. The Morgan fingerprint density at radius 2 is 1.60 bits per heavy atom. The molecule has 0 fully saturated rings. The summed E-state index contributed by atoms with van der Waals surface area (Å²) in [4.78, 5) is 8.96. The van der Waals surface area contributed by atoms with Gasteiger partial charge in [-0.1, -0.05) is 3.77 Å². The lowest BCUT2D eigenvalue weighted by Gasteiger charge is -2.06. The fourth-order valence-corrected chi connectivity index (χ4v) is 3.37. The maximum absolute atomic E-state index is 12.1. The quantitative estimate of drug-likeness (QED) is 0.654. The van der Waals surface area contributed by atoms with Crippen LogP contribution in [0.4, 0.5) is 18.9 Å². The minimum atomic E-state index is -6.04. The summed E-state index contributed by atoms with van der Waals surface area (Å²) in [5, 5.41) is 15.3. The third kappa shape index (κ3) is 3.43. The van der Waals surface area contributed by atoms with Crippen molar-refractivity contribution in [2.45, 2.75) is 10.4 Å². The van der Waals surface area contributed by atoms with Crippen LogP contribution in [0.1, 0.15) is 0 Å². The van der Waals surface area contributed by atoms with Crippen molar-refractivity contribution >= 4 is 25.6 Å². The van der Waals surface area contributed by atoms with Crippen LogP contribution in [0.3, 0.4) is 0 Å². The van der Waals surface area contributed by atoms with Gasteiger partial charge < -0.3 is 0 Å². The number of alkyl halides is 3. The Kier molecular flexibility index (Phi) is 4.07. The predicted molar refractivity (Wildman–Crippen MR) is 61.1 cm³/mol. The molecule has 0 aliphatic rings. The lowest BCUT2D eigenvalue weighted by molar-refractivity contribution is -0.384. The molecule has 1 unspecified atom stereocenters. The molecule has 0 saturated heterocycles. The molecule has 8 nitrogen and oxygen atoms in total. The van der Waals surface area contributed by atoms with Crippen LogP contribution in [0, 0.1) is 10.1 Å². The smallest absolute Gasteiger partial charge is 0.258 e. The molecule has 0 bridgehead atoms. The van der Waals surface area contributed by atoms with Crippen molar-refractivity contribution in [3.63, 3.8) is 0 Å². The number of sulfonamides is 1. The lowest BCUT2D eigenvalue weighted by atomic mass is 10.3. The summed E-state index contributed by atoms with van der Waals surface area (Å²) in [5.74, 6) is 0. The number of nitro groups is 1. The Labute approximate surface area is 110 Å². The van der Waals surface area contributed by atoms with Gasteiger partial charge in [0.1, 0.15) is 9.92 Å². The van der Waals surface area contributed by atoms with Gasteiger partial charge in [-0.05, 0) is 12.1 Å². The van der Waals surface area contributed by atoms with Crippen molar-refractivity contribution in [3.8, 4) is 0 Å². The first-order valence-electron chi connectivity index (χ1n) is 4.49. The Morgan fingerprint density at radius 1 is 1.15 bits per heavy atom. The highest BCUT2D eigenvalue weighted by Gasteiger charge is 2.47. The summed E-state index contributed by atoms with van der Waals surface area (Å²) in [6.45, 7) is 0. The summed E-state index contributed by atoms with van der Waals surface area (Å²) in [6.07, 6.45) is 0. The number of hydrogen-bond donors (Lipinski definition) is 1. The lowest BCUT2D eigenvalue weighted by Crippen LogP contribution is -2.24. The van der Waals surface area contributed by atoms with Crippen LogP contribution < -0.4 is 5.14 Å². The molecule has 0 spiro atoms. The van der Waals surface area contributed by atoms with Crippen LogP contribution in [0.5, 0.6) is 0 Å². The van der Waals surface area contributed by atoms with Gasteiger partial charge in [0, 0.05) is 12.1 Å². The third-order valence-electron chi connectivity index (χ3n) is 1.89. The average Bonchev–Trinajstić information content (AvgIpc) is 2.26. The normalized spacial score (nSPS) is 15.4. The Hall–Kier alpha value is -1.73. The second-order valence-electron chi connectivity index (χ2n) is 3.31. The first kappa shape index (κ1) is 16.3. The van der Waals surface area contributed by atoms with Gasteiger partial charge in [-0.3, -0.25) is 10.1 Å². The van der Waals surface area contributed by atoms with Crippen molar-refractivity contribution < 1.29 is 30.7 Å². The van der Waals surface area contributed by atoms with Crippen LogP contribution >= 0.6 is 0 Å². The standard InChI is InChI=1S/C7H6F3N3O5S2/c8-7(9,10)20(17,18)12-19(11,16)6-3-1-5(2-4-6)13(14)15/h1-4H,(H2,11,12,16). The van der Waals surface area contributed by atoms with Crippen LogP contribution in [0.15, 0.2) is 32.9 Å². The Balaban J connectivity index is 3.38. The zero-order valence-corrected chi connectivity index (χ0v) is 10.9. The number of non-ortho nitro benzene ring substituents is 1. The number of benzene rings is 1. The van der Waals surface area contributed by atoms with E-state index in [-0.39, 0.29) is 0 Å². The van der Waals surface area contributed by atoms with E-state index in [9.17, 15) is 35.9 Å². The van der Waals surface area contributed by atoms with E-state index >= 15 is 0 Å². The summed E-state index contributed by atoms with van der Waals surface area (Å²) >= 11 is 0. The molecule has 0 saturated carbocycles. The largest absolute Gasteiger partial charge is 0.519 e. The monoisotopic (exact) mass is 333 g/mol. The molecule has 1 aromatic carbocycles. The van der Waals surface area contributed by atoms with Crippen LogP contribution in [0.2, 0.25) is 0 Å². The van der Waals surface area contributed by atoms with E-state index in [1.165, 1.54) is 0 Å². The number of nitrogens with two attached hydrogens (primary N) is 1. The minimum absolute atomic E-state index is 0.442. The first-order valence-corrected chi connectivity index (χ1v) is 7.50. The molecule has 13 heteroatoms. The van der Waals surface area contributed by atoms with Gasteiger partial charge in [0.05, 0.1) is 9.82 Å². The third-order valence-corrected chi connectivity index (χ3v) is 5.09. The van der Waals surface area contributed by atoms with Gasteiger partial charge in [-0.15, -0.1) is 0 Å². The average molecular weight is 333 g/mol. The van der Waals surface area contributed by atoms with E-state index in [1.54, 1.807) is 0 Å². The summed E-state index contributed by atoms with van der Waals surface area (Å²) < 4.78 is 71.6. The zero-order valence-electron chi connectivity index (χ0n) is 9.27. The maximum atomic E-state index is 12.1. The fourth-order valence-electron chi connectivity index (χ4n) is 0.994.